The number of nitrogens with one attached hydrogen (secondary N) is 3. The Morgan fingerprint density at radius 3 is 2.55 bits per heavy atom. The van der Waals surface area contributed by atoms with E-state index in [0.29, 0.717) is 5.13 Å². The standard InChI is InChI=1S/C31H31N5O4S2/c1-21-6-12-25(13-7-21)42(38,39)35-28(18-23-19-32-27-5-3-2-4-26(23)27)30(37)34-31-33-29(20-41-31)22-8-10-24(11-9-22)36-14-16-40-17-15-36/h2-13,19-20,28,32,35H,14-18H2,1H3,(H,33,34,37)/t28-/m0/s1. The van der Waals surface area contributed by atoms with Crippen molar-refractivity contribution in [2.45, 2.75) is 24.3 Å². The summed E-state index contributed by atoms with van der Waals surface area (Å²) in [4.78, 5) is 23.8. The monoisotopic (exact) mass is 601 g/mol. The van der Waals surface area contributed by atoms with Crippen LogP contribution < -0.4 is 14.9 Å². The molecule has 3 heterocycles. The summed E-state index contributed by atoms with van der Waals surface area (Å²) < 4.78 is 34.7. The molecule has 1 aliphatic rings. The second-order valence-electron chi connectivity index (χ2n) is 10.2. The minimum absolute atomic E-state index is 0.0990. The average Bonchev–Trinajstić information content (AvgIpc) is 3.65. The largest absolute Gasteiger partial charge is 0.378 e. The second-order valence-corrected chi connectivity index (χ2v) is 12.8. The van der Waals surface area contributed by atoms with Crippen LogP contribution >= 0.6 is 11.3 Å². The Bertz CT molecular complexity index is 1790. The molecule has 9 nitrogen and oxygen atoms in total. The number of rotatable bonds is 9. The van der Waals surface area contributed by atoms with Gasteiger partial charge in [0.2, 0.25) is 15.9 Å². The van der Waals surface area contributed by atoms with Gasteiger partial charge in [-0.15, -0.1) is 11.3 Å². The number of ether oxygens (including phenoxy) is 1. The number of sulfonamides is 1. The molecule has 216 valence electrons. The Hall–Kier alpha value is -4.03. The Morgan fingerprint density at radius 1 is 1.05 bits per heavy atom. The number of fused-ring (bicyclic) bond motifs is 1. The topological polar surface area (TPSA) is 116 Å². The molecule has 0 radical (unpaired) electrons. The number of thiazole rings is 1. The van der Waals surface area contributed by atoms with Gasteiger partial charge in [0, 0.05) is 46.8 Å². The van der Waals surface area contributed by atoms with Crippen LogP contribution in [0.15, 0.2) is 89.3 Å². The highest BCUT2D eigenvalue weighted by molar-refractivity contribution is 7.89. The summed E-state index contributed by atoms with van der Waals surface area (Å²) in [6.07, 6.45) is 1.97. The number of anilines is 2. The molecule has 11 heteroatoms. The summed E-state index contributed by atoms with van der Waals surface area (Å²) in [6, 6.07) is 21.3. The van der Waals surface area contributed by atoms with E-state index in [0.717, 1.165) is 65.3 Å². The highest BCUT2D eigenvalue weighted by atomic mass is 32.2. The summed E-state index contributed by atoms with van der Waals surface area (Å²) in [5.41, 5.74) is 5.48. The van der Waals surface area contributed by atoms with Crippen LogP contribution in [-0.4, -0.2) is 56.6 Å². The number of H-pyrrole nitrogens is 1. The molecular weight excluding hydrogens is 571 g/mol. The molecule has 2 aromatic heterocycles. The Labute approximate surface area is 248 Å². The van der Waals surface area contributed by atoms with Crippen LogP contribution in [0.3, 0.4) is 0 Å². The van der Waals surface area contributed by atoms with Crippen molar-refractivity contribution in [3.8, 4) is 11.3 Å². The molecule has 0 bridgehead atoms. The first-order chi connectivity index (χ1) is 20.4. The molecule has 0 unspecified atom stereocenters. The van der Waals surface area contributed by atoms with Crippen molar-refractivity contribution >= 4 is 49.0 Å². The van der Waals surface area contributed by atoms with Gasteiger partial charge in [0.1, 0.15) is 6.04 Å². The predicted molar refractivity (Wildman–Crippen MR) is 167 cm³/mol. The van der Waals surface area contributed by atoms with Crippen molar-refractivity contribution in [3.63, 3.8) is 0 Å². The number of morpholine rings is 1. The lowest BCUT2D eigenvalue weighted by atomic mass is 10.1. The SMILES string of the molecule is Cc1ccc(S(=O)(=O)N[C@@H](Cc2c[nH]c3ccccc23)C(=O)Nc2nc(-c3ccc(N4CCOCC4)cc3)cs2)cc1. The number of aromatic amines is 1. The van der Waals surface area contributed by atoms with E-state index in [1.54, 1.807) is 12.1 Å². The van der Waals surface area contributed by atoms with Gasteiger partial charge < -0.3 is 19.9 Å². The number of aryl methyl sites for hydroxylation is 1. The van der Waals surface area contributed by atoms with E-state index in [-0.39, 0.29) is 11.3 Å². The van der Waals surface area contributed by atoms with Gasteiger partial charge in [-0.3, -0.25) is 4.79 Å². The molecule has 0 spiro atoms. The maximum Gasteiger partial charge on any atom is 0.244 e. The van der Waals surface area contributed by atoms with E-state index >= 15 is 0 Å². The molecule has 0 aliphatic carbocycles. The summed E-state index contributed by atoms with van der Waals surface area (Å²) >= 11 is 1.30. The third kappa shape index (κ3) is 6.24. The quantitative estimate of drug-likeness (QED) is 0.220. The van der Waals surface area contributed by atoms with Gasteiger partial charge in [0.05, 0.1) is 23.8 Å². The van der Waals surface area contributed by atoms with Crippen LogP contribution in [0.5, 0.6) is 0 Å². The van der Waals surface area contributed by atoms with Crippen molar-refractivity contribution in [1.82, 2.24) is 14.7 Å². The fraction of sp³-hybridized carbons (Fsp3) is 0.226. The normalized spacial score (nSPS) is 14.6. The predicted octanol–water partition coefficient (Wildman–Crippen LogP) is 4.96. The Balaban J connectivity index is 1.21. The van der Waals surface area contributed by atoms with Crippen molar-refractivity contribution in [3.05, 3.63) is 95.5 Å². The highest BCUT2D eigenvalue weighted by Crippen LogP contribution is 2.28. The number of aromatic nitrogens is 2. The molecule has 3 aromatic carbocycles. The van der Waals surface area contributed by atoms with Crippen LogP contribution in [0, 0.1) is 6.92 Å². The maximum atomic E-state index is 13.6. The van der Waals surface area contributed by atoms with E-state index in [1.165, 1.54) is 23.5 Å². The summed E-state index contributed by atoms with van der Waals surface area (Å²) in [7, 11) is -3.97. The summed E-state index contributed by atoms with van der Waals surface area (Å²) in [5.74, 6) is -0.487. The highest BCUT2D eigenvalue weighted by Gasteiger charge is 2.28. The lowest BCUT2D eigenvalue weighted by molar-refractivity contribution is -0.117. The van der Waals surface area contributed by atoms with E-state index in [1.807, 2.05) is 54.9 Å². The van der Waals surface area contributed by atoms with E-state index < -0.39 is 22.0 Å². The van der Waals surface area contributed by atoms with Crippen molar-refractivity contribution < 1.29 is 17.9 Å². The van der Waals surface area contributed by atoms with Crippen molar-refractivity contribution in [2.75, 3.05) is 36.5 Å². The second kappa shape index (κ2) is 12.1. The van der Waals surface area contributed by atoms with Gasteiger partial charge in [-0.25, -0.2) is 13.4 Å². The summed E-state index contributed by atoms with van der Waals surface area (Å²) in [5, 5.41) is 6.05. The van der Waals surface area contributed by atoms with Crippen LogP contribution in [0.2, 0.25) is 0 Å². The van der Waals surface area contributed by atoms with Crippen LogP contribution in [-0.2, 0) is 26.0 Å². The molecule has 5 aromatic rings. The number of benzene rings is 3. The molecule has 3 N–H and O–H groups in total. The fourth-order valence-electron chi connectivity index (χ4n) is 5.00. The third-order valence-corrected chi connectivity index (χ3v) is 9.56. The van der Waals surface area contributed by atoms with Gasteiger partial charge in [0.15, 0.2) is 5.13 Å². The maximum absolute atomic E-state index is 13.6. The average molecular weight is 602 g/mol. The third-order valence-electron chi connectivity index (χ3n) is 7.32. The van der Waals surface area contributed by atoms with Crippen molar-refractivity contribution in [2.24, 2.45) is 0 Å². The van der Waals surface area contributed by atoms with Gasteiger partial charge in [0.25, 0.3) is 0 Å². The smallest absolute Gasteiger partial charge is 0.244 e. The summed E-state index contributed by atoms with van der Waals surface area (Å²) in [6.45, 7) is 5.05. The molecule has 0 saturated carbocycles. The molecule has 42 heavy (non-hydrogen) atoms. The zero-order valence-corrected chi connectivity index (χ0v) is 24.7. The number of para-hydroxylation sites is 1. The van der Waals surface area contributed by atoms with E-state index in [2.05, 4.69) is 37.0 Å². The first kappa shape index (κ1) is 28.1. The van der Waals surface area contributed by atoms with Crippen molar-refractivity contribution in [1.29, 1.82) is 0 Å². The van der Waals surface area contributed by atoms with Gasteiger partial charge in [-0.05, 0) is 49.2 Å². The molecule has 1 amide bonds. The fourth-order valence-corrected chi connectivity index (χ4v) is 6.92. The number of amides is 1. The molecule has 1 atom stereocenters. The first-order valence-corrected chi connectivity index (χ1v) is 16.1. The van der Waals surface area contributed by atoms with E-state index in [4.69, 9.17) is 4.74 Å². The van der Waals surface area contributed by atoms with Crippen LogP contribution in [0.4, 0.5) is 10.8 Å². The molecule has 1 saturated heterocycles. The number of hydrogen-bond donors (Lipinski definition) is 3. The molecule has 6 rings (SSSR count). The number of carbonyl (C=O) groups is 1. The number of carbonyl (C=O) groups excluding carboxylic acids is 1. The lowest BCUT2D eigenvalue weighted by Gasteiger charge is -2.28. The lowest BCUT2D eigenvalue weighted by Crippen LogP contribution is -2.45. The number of hydrogen-bond acceptors (Lipinski definition) is 7. The minimum atomic E-state index is -3.97. The molecule has 1 fully saturated rings. The zero-order valence-electron chi connectivity index (χ0n) is 23.0. The number of nitrogens with zero attached hydrogens (tertiary/aromatic N) is 2. The zero-order chi connectivity index (χ0) is 29.1. The minimum Gasteiger partial charge on any atom is -0.378 e. The molecule has 1 aliphatic heterocycles. The molecular formula is C31H31N5O4S2. The first-order valence-electron chi connectivity index (χ1n) is 13.7. The van der Waals surface area contributed by atoms with Gasteiger partial charge in [-0.2, -0.15) is 4.72 Å². The Kier molecular flexibility index (Phi) is 8.07. The van der Waals surface area contributed by atoms with Gasteiger partial charge in [-0.1, -0.05) is 48.0 Å². The van der Waals surface area contributed by atoms with Crippen LogP contribution in [0.1, 0.15) is 11.1 Å². The van der Waals surface area contributed by atoms with E-state index in [9.17, 15) is 13.2 Å². The van der Waals surface area contributed by atoms with Gasteiger partial charge >= 0.3 is 0 Å². The Morgan fingerprint density at radius 2 is 1.79 bits per heavy atom. The van der Waals surface area contributed by atoms with Crippen LogP contribution in [0.25, 0.3) is 22.2 Å².